The molecule has 0 spiro atoms. The summed E-state index contributed by atoms with van der Waals surface area (Å²) in [6, 6.07) is 6.89. The summed E-state index contributed by atoms with van der Waals surface area (Å²) in [4.78, 5) is 29.0. The highest BCUT2D eigenvalue weighted by Gasteiger charge is 2.22. The summed E-state index contributed by atoms with van der Waals surface area (Å²) >= 11 is 1.45. The summed E-state index contributed by atoms with van der Waals surface area (Å²) in [5.74, 6) is -0.436. The minimum absolute atomic E-state index is 0.0578. The van der Waals surface area contributed by atoms with Crippen molar-refractivity contribution in [2.24, 2.45) is 0 Å². The van der Waals surface area contributed by atoms with E-state index in [-0.39, 0.29) is 17.2 Å². The summed E-state index contributed by atoms with van der Waals surface area (Å²) in [6.45, 7) is 8.10. The zero-order valence-corrected chi connectivity index (χ0v) is 15.4. The quantitative estimate of drug-likeness (QED) is 0.468. The lowest BCUT2D eigenvalue weighted by Gasteiger charge is -2.13. The van der Waals surface area contributed by atoms with Crippen molar-refractivity contribution in [1.82, 2.24) is 4.98 Å². The van der Waals surface area contributed by atoms with Gasteiger partial charge in [-0.15, -0.1) is 11.3 Å². The van der Waals surface area contributed by atoms with Gasteiger partial charge in [0.15, 0.2) is 5.78 Å². The molecule has 0 aliphatic rings. The minimum Gasteiger partial charge on any atom is -0.465 e. The van der Waals surface area contributed by atoms with Crippen LogP contribution in [0.5, 0.6) is 0 Å². The Balaban J connectivity index is 2.16. The maximum Gasteiger partial charge on any atom is 0.337 e. The van der Waals surface area contributed by atoms with Crippen LogP contribution in [0.4, 0.5) is 0 Å². The average molecular weight is 343 g/mol. The van der Waals surface area contributed by atoms with Gasteiger partial charge in [0, 0.05) is 5.41 Å². The van der Waals surface area contributed by atoms with Crippen LogP contribution in [0.3, 0.4) is 0 Å². The van der Waals surface area contributed by atoms with E-state index in [0.717, 1.165) is 16.3 Å². The lowest BCUT2D eigenvalue weighted by Crippen LogP contribution is -2.10. The molecular weight excluding hydrogens is 322 g/mol. The molecule has 0 bridgehead atoms. The molecule has 0 radical (unpaired) electrons. The molecule has 0 unspecified atom stereocenters. The molecule has 1 aromatic carbocycles. The molecule has 0 N–H and O–H groups in total. The Kier molecular flexibility index (Phi) is 5.34. The number of nitrogens with zero attached hydrogens (tertiary/aromatic N) is 1. The van der Waals surface area contributed by atoms with E-state index in [1.807, 2.05) is 6.92 Å². The number of aromatic nitrogens is 1. The van der Waals surface area contributed by atoms with Crippen LogP contribution >= 0.6 is 11.3 Å². The molecule has 24 heavy (non-hydrogen) atoms. The second-order valence-electron chi connectivity index (χ2n) is 6.49. The van der Waals surface area contributed by atoms with Crippen molar-refractivity contribution in [1.29, 1.82) is 0 Å². The molecule has 0 amide bonds. The van der Waals surface area contributed by atoms with E-state index in [2.05, 4.69) is 30.5 Å². The fourth-order valence-corrected chi connectivity index (χ4v) is 3.09. The third-order valence-corrected chi connectivity index (χ3v) is 5.02. The Labute approximate surface area is 146 Å². The highest BCUT2D eigenvalue weighted by Crippen LogP contribution is 2.29. The molecule has 0 aliphatic carbocycles. The second kappa shape index (κ2) is 7.09. The Morgan fingerprint density at radius 3 is 2.29 bits per heavy atom. The largest absolute Gasteiger partial charge is 0.465 e. The highest BCUT2D eigenvalue weighted by atomic mass is 32.1. The van der Waals surface area contributed by atoms with E-state index < -0.39 is 0 Å². The molecule has 0 aliphatic heterocycles. The van der Waals surface area contributed by atoms with Gasteiger partial charge in [-0.2, -0.15) is 0 Å². The summed E-state index contributed by atoms with van der Waals surface area (Å²) in [5.41, 5.74) is 2.02. The van der Waals surface area contributed by atoms with Crippen molar-refractivity contribution < 1.29 is 14.3 Å². The smallest absolute Gasteiger partial charge is 0.337 e. The first-order valence-electron chi connectivity index (χ1n) is 7.61. The van der Waals surface area contributed by atoms with Gasteiger partial charge in [-0.1, -0.05) is 39.0 Å². The van der Waals surface area contributed by atoms with E-state index >= 15 is 0 Å². The van der Waals surface area contributed by atoms with E-state index in [9.17, 15) is 9.59 Å². The molecule has 0 fully saturated rings. The van der Waals surface area contributed by atoms with E-state index in [1.54, 1.807) is 36.4 Å². The number of rotatable bonds is 4. The number of benzene rings is 1. The van der Waals surface area contributed by atoms with E-state index in [1.165, 1.54) is 18.4 Å². The minimum atomic E-state index is -0.378. The van der Waals surface area contributed by atoms with Crippen LogP contribution in [0, 0.1) is 6.92 Å². The maximum atomic E-state index is 12.4. The molecule has 0 saturated heterocycles. The zero-order valence-electron chi connectivity index (χ0n) is 14.5. The number of aryl methyl sites for hydroxylation is 1. The van der Waals surface area contributed by atoms with Crippen LogP contribution in [-0.4, -0.2) is 23.8 Å². The fraction of sp³-hybridized carbons (Fsp3) is 0.316. The third kappa shape index (κ3) is 4.17. The lowest BCUT2D eigenvalue weighted by atomic mass is 9.98. The number of methoxy groups -OCH3 is 1. The monoisotopic (exact) mass is 343 g/mol. The molecule has 0 atom stereocenters. The molecule has 1 heterocycles. The van der Waals surface area contributed by atoms with Crippen LogP contribution in [0.1, 0.15) is 57.1 Å². The summed E-state index contributed by atoms with van der Waals surface area (Å²) in [6.07, 6.45) is 3.28. The number of esters is 1. The van der Waals surface area contributed by atoms with Gasteiger partial charge in [0.25, 0.3) is 0 Å². The number of allylic oxidation sites excluding steroid dienone is 1. The predicted octanol–water partition coefficient (Wildman–Crippen LogP) is 4.43. The molecule has 2 aromatic rings. The van der Waals surface area contributed by atoms with Gasteiger partial charge in [0.05, 0.1) is 28.3 Å². The Morgan fingerprint density at radius 2 is 1.79 bits per heavy atom. The van der Waals surface area contributed by atoms with Gasteiger partial charge in [0.2, 0.25) is 0 Å². The van der Waals surface area contributed by atoms with Crippen LogP contribution in [0.2, 0.25) is 0 Å². The molecular formula is C19H21NO3S. The molecule has 126 valence electrons. The Bertz CT molecular complexity index is 780. The van der Waals surface area contributed by atoms with E-state index in [4.69, 9.17) is 0 Å². The summed E-state index contributed by atoms with van der Waals surface area (Å²) in [5, 5.41) is 0.958. The van der Waals surface area contributed by atoms with Crippen LogP contribution in [0.15, 0.2) is 30.3 Å². The van der Waals surface area contributed by atoms with Gasteiger partial charge in [0.1, 0.15) is 0 Å². The zero-order chi connectivity index (χ0) is 17.9. The van der Waals surface area contributed by atoms with Gasteiger partial charge in [-0.05, 0) is 30.7 Å². The number of ketones is 1. The number of hydrogen-bond donors (Lipinski definition) is 0. The van der Waals surface area contributed by atoms with Gasteiger partial charge < -0.3 is 4.74 Å². The molecule has 2 rings (SSSR count). The normalized spacial score (nSPS) is 11.7. The van der Waals surface area contributed by atoms with Gasteiger partial charge in [-0.3, -0.25) is 4.79 Å². The van der Waals surface area contributed by atoms with Crippen molar-refractivity contribution in [3.63, 3.8) is 0 Å². The Morgan fingerprint density at radius 1 is 1.17 bits per heavy atom. The first-order valence-corrected chi connectivity index (χ1v) is 8.42. The third-order valence-electron chi connectivity index (χ3n) is 3.42. The summed E-state index contributed by atoms with van der Waals surface area (Å²) < 4.78 is 4.66. The summed E-state index contributed by atoms with van der Waals surface area (Å²) in [7, 11) is 1.35. The van der Waals surface area contributed by atoms with Crippen molar-refractivity contribution in [3.8, 4) is 0 Å². The number of hydrogen-bond acceptors (Lipinski definition) is 5. The molecule has 1 aromatic heterocycles. The Hall–Kier alpha value is -2.27. The maximum absolute atomic E-state index is 12.4. The van der Waals surface area contributed by atoms with Crippen molar-refractivity contribution in [3.05, 3.63) is 57.0 Å². The number of carbonyl (C=O) groups is 2. The van der Waals surface area contributed by atoms with Gasteiger partial charge >= 0.3 is 5.97 Å². The fourth-order valence-electron chi connectivity index (χ4n) is 2.04. The molecule has 0 saturated carbocycles. The second-order valence-corrected chi connectivity index (χ2v) is 7.49. The van der Waals surface area contributed by atoms with E-state index in [0.29, 0.717) is 10.4 Å². The van der Waals surface area contributed by atoms with Crippen molar-refractivity contribution in [2.75, 3.05) is 7.11 Å². The highest BCUT2D eigenvalue weighted by molar-refractivity contribution is 7.14. The topological polar surface area (TPSA) is 56.3 Å². The SMILES string of the molecule is COC(=O)c1ccc(/C=C/C(=O)c2sc(C(C)(C)C)nc2C)cc1. The van der Waals surface area contributed by atoms with Crippen molar-refractivity contribution >= 4 is 29.2 Å². The first kappa shape index (κ1) is 18.1. The standard InChI is InChI=1S/C19H21NO3S/c1-12-16(24-18(20-12)19(2,3)4)15(21)11-8-13-6-9-14(10-7-13)17(22)23-5/h6-11H,1-5H3/b11-8+. The van der Waals surface area contributed by atoms with Crippen LogP contribution in [-0.2, 0) is 10.2 Å². The first-order chi connectivity index (χ1) is 11.2. The predicted molar refractivity (Wildman–Crippen MR) is 96.7 cm³/mol. The number of ether oxygens (including phenoxy) is 1. The lowest BCUT2D eigenvalue weighted by molar-refractivity contribution is 0.0600. The van der Waals surface area contributed by atoms with Crippen LogP contribution in [0.25, 0.3) is 6.08 Å². The van der Waals surface area contributed by atoms with Gasteiger partial charge in [-0.25, -0.2) is 9.78 Å². The molecule has 5 heteroatoms. The van der Waals surface area contributed by atoms with Crippen LogP contribution < -0.4 is 0 Å². The molecule has 4 nitrogen and oxygen atoms in total. The number of carbonyl (C=O) groups excluding carboxylic acids is 2. The number of thiazole rings is 1. The van der Waals surface area contributed by atoms with Crippen molar-refractivity contribution in [2.45, 2.75) is 33.1 Å². The average Bonchev–Trinajstić information content (AvgIpc) is 2.94.